The molecule has 1 aromatic heterocycles. The molecular formula is C20H20ClN3O5. The highest BCUT2D eigenvalue weighted by molar-refractivity contribution is 6.34. The van der Waals surface area contributed by atoms with Crippen molar-refractivity contribution in [3.05, 3.63) is 70.0 Å². The number of benzene rings is 2. The summed E-state index contributed by atoms with van der Waals surface area (Å²) in [7, 11) is 0. The summed E-state index contributed by atoms with van der Waals surface area (Å²) in [6.45, 7) is 1.86. The average molecular weight is 418 g/mol. The van der Waals surface area contributed by atoms with Crippen molar-refractivity contribution in [2.75, 3.05) is 6.61 Å². The Bertz CT molecular complexity index is 1030. The highest BCUT2D eigenvalue weighted by Crippen LogP contribution is 2.21. The van der Waals surface area contributed by atoms with E-state index in [0.29, 0.717) is 0 Å². The SMILES string of the molecule is CCOC(=O)[C@H](Cc1c[nH]c2ccccc12)NC(=O)c1ccc([NH+]([O-])O)cc1Cl. The van der Waals surface area contributed by atoms with Gasteiger partial charge in [-0.05, 0) is 24.6 Å². The van der Waals surface area contributed by atoms with Crippen LogP contribution in [0, 0.1) is 5.21 Å². The molecule has 0 aliphatic rings. The van der Waals surface area contributed by atoms with E-state index in [9.17, 15) is 14.8 Å². The van der Waals surface area contributed by atoms with E-state index >= 15 is 0 Å². The second-order valence-electron chi connectivity index (χ2n) is 6.34. The van der Waals surface area contributed by atoms with Crippen LogP contribution in [0.3, 0.4) is 0 Å². The van der Waals surface area contributed by atoms with Crippen LogP contribution in [0.2, 0.25) is 5.02 Å². The number of carbonyl (C=O) groups is 2. The molecule has 0 saturated heterocycles. The fourth-order valence-electron chi connectivity index (χ4n) is 3.02. The summed E-state index contributed by atoms with van der Waals surface area (Å²) in [5, 5.41) is 22.5. The molecule has 0 bridgehead atoms. The largest absolute Gasteiger partial charge is 0.595 e. The van der Waals surface area contributed by atoms with Gasteiger partial charge in [-0.15, -0.1) is 0 Å². The van der Waals surface area contributed by atoms with E-state index < -0.39 is 23.1 Å². The van der Waals surface area contributed by atoms with E-state index in [1.165, 1.54) is 18.2 Å². The van der Waals surface area contributed by atoms with Crippen LogP contribution < -0.4 is 10.5 Å². The molecule has 0 radical (unpaired) electrons. The van der Waals surface area contributed by atoms with Crippen molar-refractivity contribution in [2.45, 2.75) is 19.4 Å². The van der Waals surface area contributed by atoms with E-state index in [4.69, 9.17) is 21.5 Å². The first-order chi connectivity index (χ1) is 13.9. The maximum atomic E-state index is 12.7. The van der Waals surface area contributed by atoms with Crippen molar-refractivity contribution < 1.29 is 24.8 Å². The zero-order valence-corrected chi connectivity index (χ0v) is 16.3. The third-order valence-electron chi connectivity index (χ3n) is 4.44. The molecule has 0 aliphatic carbocycles. The number of hydrogen-bond acceptors (Lipinski definition) is 5. The Hall–Kier alpha value is -2.91. The van der Waals surface area contributed by atoms with Crippen molar-refractivity contribution in [1.82, 2.24) is 10.3 Å². The summed E-state index contributed by atoms with van der Waals surface area (Å²) >= 11 is 6.07. The Morgan fingerprint density at radius 1 is 1.31 bits per heavy atom. The highest BCUT2D eigenvalue weighted by atomic mass is 35.5. The van der Waals surface area contributed by atoms with Crippen LogP contribution in [0.4, 0.5) is 5.69 Å². The Morgan fingerprint density at radius 2 is 2.07 bits per heavy atom. The zero-order chi connectivity index (χ0) is 21.0. The van der Waals surface area contributed by atoms with E-state index in [1.807, 2.05) is 24.3 Å². The summed E-state index contributed by atoms with van der Waals surface area (Å²) in [5.41, 5.74) is 1.81. The minimum Gasteiger partial charge on any atom is -0.595 e. The third kappa shape index (κ3) is 4.75. The Balaban J connectivity index is 1.84. The normalized spacial score (nSPS) is 13.1. The molecular weight excluding hydrogens is 398 g/mol. The highest BCUT2D eigenvalue weighted by Gasteiger charge is 2.25. The molecule has 0 aliphatic heterocycles. The lowest BCUT2D eigenvalue weighted by atomic mass is 10.0. The van der Waals surface area contributed by atoms with Crippen molar-refractivity contribution in [2.24, 2.45) is 0 Å². The van der Waals surface area contributed by atoms with Gasteiger partial charge in [-0.2, -0.15) is 5.23 Å². The van der Waals surface area contributed by atoms with Crippen LogP contribution in [-0.4, -0.2) is 34.7 Å². The lowest BCUT2D eigenvalue weighted by Gasteiger charge is -2.18. The number of aromatic nitrogens is 1. The number of para-hydroxylation sites is 1. The van der Waals surface area contributed by atoms with Gasteiger partial charge in [0.2, 0.25) is 0 Å². The molecule has 29 heavy (non-hydrogen) atoms. The fourth-order valence-corrected chi connectivity index (χ4v) is 3.29. The number of ether oxygens (including phenoxy) is 1. The van der Waals surface area contributed by atoms with Crippen molar-refractivity contribution in [3.8, 4) is 0 Å². The Morgan fingerprint density at radius 3 is 2.76 bits per heavy atom. The average Bonchev–Trinajstić information content (AvgIpc) is 3.10. The van der Waals surface area contributed by atoms with Crippen LogP contribution in [-0.2, 0) is 16.0 Å². The lowest BCUT2D eigenvalue weighted by molar-refractivity contribution is -0.991. The zero-order valence-electron chi connectivity index (χ0n) is 15.6. The molecule has 0 spiro atoms. The maximum Gasteiger partial charge on any atom is 0.328 e. The fraction of sp³-hybridized carbons (Fsp3) is 0.200. The van der Waals surface area contributed by atoms with Crippen LogP contribution in [0.1, 0.15) is 22.8 Å². The van der Waals surface area contributed by atoms with E-state index in [-0.39, 0.29) is 29.3 Å². The number of esters is 1. The van der Waals surface area contributed by atoms with Gasteiger partial charge >= 0.3 is 5.97 Å². The molecule has 3 rings (SSSR count). The molecule has 2 aromatic carbocycles. The van der Waals surface area contributed by atoms with Gasteiger partial charge in [-0.25, -0.2) is 10.0 Å². The Kier molecular flexibility index (Phi) is 6.50. The molecule has 9 heteroatoms. The molecule has 1 amide bonds. The topological polar surface area (TPSA) is 119 Å². The molecule has 2 atom stereocenters. The van der Waals surface area contributed by atoms with E-state index in [0.717, 1.165) is 16.5 Å². The first-order valence-electron chi connectivity index (χ1n) is 8.96. The first kappa shape index (κ1) is 20.8. The van der Waals surface area contributed by atoms with Crippen molar-refractivity contribution in [1.29, 1.82) is 0 Å². The molecule has 1 unspecified atom stereocenters. The third-order valence-corrected chi connectivity index (χ3v) is 4.75. The predicted molar refractivity (Wildman–Crippen MR) is 107 cm³/mol. The monoisotopic (exact) mass is 417 g/mol. The maximum absolute atomic E-state index is 12.7. The van der Waals surface area contributed by atoms with Gasteiger partial charge in [0.15, 0.2) is 5.69 Å². The van der Waals surface area contributed by atoms with Crippen LogP contribution in [0.5, 0.6) is 0 Å². The van der Waals surface area contributed by atoms with Gasteiger partial charge in [0, 0.05) is 35.7 Å². The van der Waals surface area contributed by atoms with Gasteiger partial charge in [0.1, 0.15) is 6.04 Å². The number of H-pyrrole nitrogens is 1. The van der Waals surface area contributed by atoms with Crippen molar-refractivity contribution >= 4 is 40.1 Å². The second-order valence-corrected chi connectivity index (χ2v) is 6.75. The summed E-state index contributed by atoms with van der Waals surface area (Å²) in [4.78, 5) is 28.3. The van der Waals surface area contributed by atoms with Crippen molar-refractivity contribution in [3.63, 3.8) is 0 Å². The number of carbonyl (C=O) groups excluding carboxylic acids is 2. The minimum absolute atomic E-state index is 0.0166. The smallest absolute Gasteiger partial charge is 0.328 e. The Labute approximate surface area is 171 Å². The molecule has 152 valence electrons. The number of halogens is 1. The molecule has 0 fully saturated rings. The van der Waals surface area contributed by atoms with Gasteiger partial charge in [0.25, 0.3) is 5.91 Å². The number of rotatable bonds is 7. The first-order valence-corrected chi connectivity index (χ1v) is 9.33. The minimum atomic E-state index is -1.15. The van der Waals surface area contributed by atoms with E-state index in [1.54, 1.807) is 13.1 Å². The molecule has 0 saturated carbocycles. The van der Waals surface area contributed by atoms with E-state index in [2.05, 4.69) is 10.3 Å². The summed E-state index contributed by atoms with van der Waals surface area (Å²) in [5.74, 6) is -1.16. The number of fused-ring (bicyclic) bond motifs is 1. The summed E-state index contributed by atoms with van der Waals surface area (Å²) < 4.78 is 5.11. The van der Waals surface area contributed by atoms with Gasteiger partial charge in [-0.1, -0.05) is 29.8 Å². The summed E-state index contributed by atoms with van der Waals surface area (Å²) in [6, 6.07) is 10.5. The van der Waals surface area contributed by atoms with Gasteiger partial charge < -0.3 is 20.2 Å². The van der Waals surface area contributed by atoms with Crippen LogP contribution >= 0.6 is 11.6 Å². The quantitative estimate of drug-likeness (QED) is 0.347. The standard InChI is InChI=1S/C20H20ClN3O5/c1-2-29-20(26)18(9-12-11-22-17-6-4-3-5-14(12)17)23-19(25)15-8-7-13(24(27)28)10-16(15)21/h3-8,10-11,18,22,24,27H,2,9H2,1H3,(H,23,25)/t18-/m0/s1. The molecule has 1 heterocycles. The number of amides is 1. The number of nitrogens with one attached hydrogen (secondary N) is 3. The molecule has 4 N–H and O–H groups in total. The number of quaternary nitrogens is 1. The number of aromatic amines is 1. The van der Waals surface area contributed by atoms with Crippen LogP contribution in [0.25, 0.3) is 10.9 Å². The van der Waals surface area contributed by atoms with Gasteiger partial charge in [0.05, 0.1) is 17.2 Å². The summed E-state index contributed by atoms with van der Waals surface area (Å²) in [6.07, 6.45) is 2.01. The van der Waals surface area contributed by atoms with Crippen LogP contribution in [0.15, 0.2) is 48.7 Å². The van der Waals surface area contributed by atoms with Gasteiger partial charge in [-0.3, -0.25) is 4.79 Å². The molecule has 8 nitrogen and oxygen atoms in total. The number of hydrogen-bond donors (Lipinski definition) is 4. The second kappa shape index (κ2) is 9.06. The predicted octanol–water partition coefficient (Wildman–Crippen LogP) is 2.13. The molecule has 3 aromatic rings. The lowest BCUT2D eigenvalue weighted by Crippen LogP contribution is -2.99.